The van der Waals surface area contributed by atoms with Gasteiger partial charge in [-0.25, -0.2) is 0 Å². The van der Waals surface area contributed by atoms with E-state index in [0.29, 0.717) is 50.0 Å². The molecule has 0 aromatic heterocycles. The van der Waals surface area contributed by atoms with Gasteiger partial charge in [-0.05, 0) is 60.0 Å². The molecule has 1 atom stereocenters. The van der Waals surface area contributed by atoms with Gasteiger partial charge in [-0.2, -0.15) is 0 Å². The Morgan fingerprint density at radius 3 is 2.27 bits per heavy atom. The van der Waals surface area contributed by atoms with Crippen LogP contribution >= 0.6 is 0 Å². The highest BCUT2D eigenvalue weighted by molar-refractivity contribution is 6.46. The lowest BCUT2D eigenvalue weighted by Crippen LogP contribution is -2.42. The lowest BCUT2D eigenvalue weighted by molar-refractivity contribution is -0.140. The predicted octanol–water partition coefficient (Wildman–Crippen LogP) is 4.34. The van der Waals surface area contributed by atoms with Gasteiger partial charge in [0.1, 0.15) is 23.9 Å². The van der Waals surface area contributed by atoms with E-state index in [2.05, 4.69) is 4.90 Å². The van der Waals surface area contributed by atoms with Crippen molar-refractivity contribution in [2.75, 3.05) is 46.5 Å². The van der Waals surface area contributed by atoms with Gasteiger partial charge in [0.25, 0.3) is 11.7 Å². The zero-order valence-electron chi connectivity index (χ0n) is 22.8. The number of aryl methyl sites for hydroxylation is 1. The van der Waals surface area contributed by atoms with Crippen molar-refractivity contribution in [3.05, 3.63) is 101 Å². The molecule has 1 amide bonds. The normalized spacial score (nSPS) is 19.1. The molecule has 1 N–H and O–H groups in total. The summed E-state index contributed by atoms with van der Waals surface area (Å²) in [6, 6.07) is 21.4. The minimum Gasteiger partial charge on any atom is -0.507 e. The van der Waals surface area contributed by atoms with Gasteiger partial charge >= 0.3 is 0 Å². The number of ketones is 1. The molecule has 3 aromatic carbocycles. The Kier molecular flexibility index (Phi) is 8.48. The van der Waals surface area contributed by atoms with E-state index < -0.39 is 17.7 Å². The van der Waals surface area contributed by atoms with E-state index in [-0.39, 0.29) is 11.3 Å². The molecule has 0 radical (unpaired) electrons. The van der Waals surface area contributed by atoms with E-state index in [4.69, 9.17) is 14.2 Å². The van der Waals surface area contributed by atoms with E-state index in [0.717, 1.165) is 29.8 Å². The van der Waals surface area contributed by atoms with Crippen LogP contribution in [0.4, 0.5) is 0 Å². The Bertz CT molecular complexity index is 1380. The van der Waals surface area contributed by atoms with Crippen LogP contribution in [0.3, 0.4) is 0 Å². The van der Waals surface area contributed by atoms with Crippen molar-refractivity contribution in [1.29, 1.82) is 0 Å². The van der Waals surface area contributed by atoms with Crippen LogP contribution in [0.15, 0.2) is 78.4 Å². The monoisotopic (exact) mass is 542 g/mol. The van der Waals surface area contributed by atoms with Crippen molar-refractivity contribution in [2.24, 2.45) is 0 Å². The SMILES string of the molecule is COc1ccc(C2/C(=C(\O)c3ccc(OCc4ccccc4C)cc3)C(=O)C(=O)N2CCN2CCOCC2)cc1. The second-order valence-corrected chi connectivity index (χ2v) is 9.96. The summed E-state index contributed by atoms with van der Waals surface area (Å²) in [7, 11) is 1.58. The highest BCUT2D eigenvalue weighted by atomic mass is 16.5. The van der Waals surface area contributed by atoms with Crippen LogP contribution in [0.2, 0.25) is 0 Å². The molecule has 0 bridgehead atoms. The number of amides is 1. The number of likely N-dealkylation sites (tertiary alicyclic amines) is 1. The maximum Gasteiger partial charge on any atom is 0.295 e. The summed E-state index contributed by atoms with van der Waals surface area (Å²) in [6.45, 7) is 6.25. The summed E-state index contributed by atoms with van der Waals surface area (Å²) in [5.74, 6) is -0.222. The van der Waals surface area contributed by atoms with Crippen molar-refractivity contribution in [1.82, 2.24) is 9.80 Å². The van der Waals surface area contributed by atoms with Gasteiger partial charge in [-0.15, -0.1) is 0 Å². The topological polar surface area (TPSA) is 88.5 Å². The summed E-state index contributed by atoms with van der Waals surface area (Å²) in [5.41, 5.74) is 3.47. The van der Waals surface area contributed by atoms with E-state index in [1.54, 1.807) is 48.4 Å². The van der Waals surface area contributed by atoms with E-state index in [1.807, 2.05) is 43.3 Å². The van der Waals surface area contributed by atoms with Crippen molar-refractivity contribution < 1.29 is 28.9 Å². The Balaban J connectivity index is 1.42. The van der Waals surface area contributed by atoms with Gasteiger partial charge in [-0.3, -0.25) is 14.5 Å². The highest BCUT2D eigenvalue weighted by Crippen LogP contribution is 2.40. The number of rotatable bonds is 9. The summed E-state index contributed by atoms with van der Waals surface area (Å²) in [6.07, 6.45) is 0. The van der Waals surface area contributed by atoms with Gasteiger partial charge in [-0.1, -0.05) is 36.4 Å². The second kappa shape index (κ2) is 12.4. The molecule has 2 fully saturated rings. The zero-order valence-corrected chi connectivity index (χ0v) is 22.8. The first-order valence-electron chi connectivity index (χ1n) is 13.5. The Morgan fingerprint density at radius 1 is 0.925 bits per heavy atom. The lowest BCUT2D eigenvalue weighted by Gasteiger charge is -2.31. The number of carbonyl (C=O) groups is 2. The highest BCUT2D eigenvalue weighted by Gasteiger charge is 2.46. The zero-order chi connectivity index (χ0) is 28.1. The summed E-state index contributed by atoms with van der Waals surface area (Å²) < 4.78 is 16.7. The Morgan fingerprint density at radius 2 is 1.60 bits per heavy atom. The molecule has 208 valence electrons. The fourth-order valence-electron chi connectivity index (χ4n) is 5.11. The fraction of sp³-hybridized carbons (Fsp3) is 0.312. The minimum absolute atomic E-state index is 0.0747. The first kappa shape index (κ1) is 27.4. The lowest BCUT2D eigenvalue weighted by atomic mass is 9.95. The number of aliphatic hydroxyl groups is 1. The quantitative estimate of drug-likeness (QED) is 0.245. The van der Waals surface area contributed by atoms with Crippen LogP contribution in [0.5, 0.6) is 11.5 Å². The molecule has 2 saturated heterocycles. The van der Waals surface area contributed by atoms with Crippen molar-refractivity contribution in [3.63, 3.8) is 0 Å². The predicted molar refractivity (Wildman–Crippen MR) is 151 cm³/mol. The molecule has 8 heteroatoms. The average molecular weight is 543 g/mol. The van der Waals surface area contributed by atoms with Crippen LogP contribution < -0.4 is 9.47 Å². The van der Waals surface area contributed by atoms with Crippen LogP contribution in [0.25, 0.3) is 5.76 Å². The van der Waals surface area contributed by atoms with Crippen LogP contribution in [-0.4, -0.2) is 73.1 Å². The summed E-state index contributed by atoms with van der Waals surface area (Å²) in [5, 5.41) is 11.4. The maximum atomic E-state index is 13.4. The number of aliphatic hydroxyl groups excluding tert-OH is 1. The number of ether oxygens (including phenoxy) is 3. The number of hydrogen-bond donors (Lipinski definition) is 1. The van der Waals surface area contributed by atoms with E-state index in [1.165, 1.54) is 0 Å². The third kappa shape index (κ3) is 5.88. The molecule has 0 saturated carbocycles. The maximum absolute atomic E-state index is 13.4. The van der Waals surface area contributed by atoms with Crippen LogP contribution in [0, 0.1) is 6.92 Å². The van der Waals surface area contributed by atoms with Crippen LogP contribution in [-0.2, 0) is 20.9 Å². The second-order valence-electron chi connectivity index (χ2n) is 9.96. The molecule has 2 aliphatic heterocycles. The molecule has 1 unspecified atom stereocenters. The molecule has 3 aromatic rings. The number of Topliss-reactive ketones (excluding diaryl/α,β-unsaturated/α-hetero) is 1. The molecule has 2 heterocycles. The number of nitrogens with zero attached hydrogens (tertiary/aromatic N) is 2. The number of morpholine rings is 1. The molecule has 2 aliphatic rings. The van der Waals surface area contributed by atoms with Gasteiger partial charge < -0.3 is 24.2 Å². The summed E-state index contributed by atoms with van der Waals surface area (Å²) in [4.78, 5) is 30.4. The molecule has 5 rings (SSSR count). The average Bonchev–Trinajstić information content (AvgIpc) is 3.25. The Hall–Kier alpha value is -4.14. The van der Waals surface area contributed by atoms with Gasteiger partial charge in [0.15, 0.2) is 0 Å². The van der Waals surface area contributed by atoms with E-state index in [9.17, 15) is 14.7 Å². The minimum atomic E-state index is -0.719. The van der Waals surface area contributed by atoms with Crippen LogP contribution in [0.1, 0.15) is 28.3 Å². The number of hydrogen-bond acceptors (Lipinski definition) is 7. The van der Waals surface area contributed by atoms with Gasteiger partial charge in [0, 0.05) is 31.7 Å². The molecule has 0 spiro atoms. The Labute approximate surface area is 234 Å². The molecular weight excluding hydrogens is 508 g/mol. The number of carbonyl (C=O) groups excluding carboxylic acids is 2. The largest absolute Gasteiger partial charge is 0.507 e. The van der Waals surface area contributed by atoms with E-state index >= 15 is 0 Å². The summed E-state index contributed by atoms with van der Waals surface area (Å²) >= 11 is 0. The van der Waals surface area contributed by atoms with Gasteiger partial charge in [0.2, 0.25) is 0 Å². The van der Waals surface area contributed by atoms with Crippen molar-refractivity contribution in [2.45, 2.75) is 19.6 Å². The van der Waals surface area contributed by atoms with Crippen molar-refractivity contribution in [3.8, 4) is 11.5 Å². The number of benzene rings is 3. The molecule has 8 nitrogen and oxygen atoms in total. The molecule has 0 aliphatic carbocycles. The number of methoxy groups -OCH3 is 1. The first-order valence-corrected chi connectivity index (χ1v) is 13.5. The van der Waals surface area contributed by atoms with Gasteiger partial charge in [0.05, 0.1) is 31.9 Å². The fourth-order valence-corrected chi connectivity index (χ4v) is 5.11. The van der Waals surface area contributed by atoms with Crippen molar-refractivity contribution >= 4 is 17.4 Å². The standard InChI is InChI=1S/C32H34N2O6/c1-22-5-3-4-6-25(22)21-40-27-13-9-24(10-14-27)30(35)28-29(23-7-11-26(38-2)12-8-23)34(32(37)31(28)36)16-15-33-17-19-39-20-18-33/h3-14,29,35H,15-21H2,1-2H3/b30-28+. The third-order valence-electron chi connectivity index (χ3n) is 7.52. The molecule has 40 heavy (non-hydrogen) atoms. The third-order valence-corrected chi connectivity index (χ3v) is 7.52. The smallest absolute Gasteiger partial charge is 0.295 e. The first-order chi connectivity index (χ1) is 19.5. The molecular formula is C32H34N2O6.